The molecule has 6 heteroatoms. The number of hydrogen-bond donors (Lipinski definition) is 2. The molecule has 1 aromatic carbocycles. The van der Waals surface area contributed by atoms with Crippen LogP contribution >= 0.6 is 0 Å². The van der Waals surface area contributed by atoms with Crippen molar-refractivity contribution in [1.82, 2.24) is 15.1 Å². The first kappa shape index (κ1) is 17.9. The Morgan fingerprint density at radius 2 is 1.92 bits per heavy atom. The van der Waals surface area contributed by atoms with Gasteiger partial charge >= 0.3 is 0 Å². The van der Waals surface area contributed by atoms with Gasteiger partial charge in [0.15, 0.2) is 0 Å². The van der Waals surface area contributed by atoms with Crippen molar-refractivity contribution in [1.29, 1.82) is 0 Å². The number of carbonyl (C=O) groups is 1. The Morgan fingerprint density at radius 3 is 2.58 bits per heavy atom. The lowest BCUT2D eigenvalue weighted by molar-refractivity contribution is -0.122. The van der Waals surface area contributed by atoms with Crippen molar-refractivity contribution >= 4 is 5.91 Å². The summed E-state index contributed by atoms with van der Waals surface area (Å²) in [5.41, 5.74) is 1.16. The second-order valence-electron chi connectivity index (χ2n) is 6.17. The maximum absolute atomic E-state index is 12.0. The molecular formula is C18H23N3O3. The van der Waals surface area contributed by atoms with Crippen molar-refractivity contribution in [2.45, 2.75) is 32.9 Å². The van der Waals surface area contributed by atoms with Crippen LogP contribution in [0.25, 0.3) is 11.3 Å². The van der Waals surface area contributed by atoms with E-state index in [9.17, 15) is 14.7 Å². The number of aliphatic hydroxyl groups excluding tert-OH is 1. The summed E-state index contributed by atoms with van der Waals surface area (Å²) < 4.78 is 1.13. The highest BCUT2D eigenvalue weighted by Crippen LogP contribution is 2.13. The topological polar surface area (TPSA) is 84.2 Å². The lowest BCUT2D eigenvalue weighted by Crippen LogP contribution is -2.37. The molecule has 0 aliphatic heterocycles. The van der Waals surface area contributed by atoms with Gasteiger partial charge in [0.05, 0.1) is 11.8 Å². The van der Waals surface area contributed by atoms with Gasteiger partial charge in [0.2, 0.25) is 5.91 Å². The summed E-state index contributed by atoms with van der Waals surface area (Å²) in [5.74, 6) is 0.00126. The van der Waals surface area contributed by atoms with E-state index in [4.69, 9.17) is 0 Å². The van der Waals surface area contributed by atoms with Gasteiger partial charge in [-0.2, -0.15) is 5.10 Å². The molecule has 0 bridgehead atoms. The molecule has 0 saturated carbocycles. The predicted molar refractivity (Wildman–Crippen MR) is 92.4 cm³/mol. The monoisotopic (exact) mass is 329 g/mol. The van der Waals surface area contributed by atoms with Crippen LogP contribution in [0.1, 0.15) is 20.3 Å². The van der Waals surface area contributed by atoms with Gasteiger partial charge in [-0.15, -0.1) is 0 Å². The van der Waals surface area contributed by atoms with Crippen LogP contribution in [0, 0.1) is 5.92 Å². The van der Waals surface area contributed by atoms with Gasteiger partial charge in [-0.25, -0.2) is 4.68 Å². The number of aliphatic hydroxyl groups is 1. The second-order valence-corrected chi connectivity index (χ2v) is 6.17. The van der Waals surface area contributed by atoms with Gasteiger partial charge in [-0.1, -0.05) is 44.2 Å². The third kappa shape index (κ3) is 5.31. The van der Waals surface area contributed by atoms with Crippen LogP contribution in [0.15, 0.2) is 47.3 Å². The maximum Gasteiger partial charge on any atom is 0.267 e. The molecule has 0 aliphatic carbocycles. The Kier molecular flexibility index (Phi) is 6.26. The van der Waals surface area contributed by atoms with Gasteiger partial charge in [0.1, 0.15) is 6.54 Å². The number of amides is 1. The molecule has 1 unspecified atom stereocenters. The van der Waals surface area contributed by atoms with Crippen molar-refractivity contribution in [2.24, 2.45) is 5.92 Å². The van der Waals surface area contributed by atoms with E-state index < -0.39 is 6.10 Å². The molecular weight excluding hydrogens is 306 g/mol. The van der Waals surface area contributed by atoms with E-state index >= 15 is 0 Å². The van der Waals surface area contributed by atoms with Crippen LogP contribution in [-0.2, 0) is 11.3 Å². The number of aromatic nitrogens is 2. The Balaban J connectivity index is 2.01. The zero-order chi connectivity index (χ0) is 17.5. The van der Waals surface area contributed by atoms with E-state index in [-0.39, 0.29) is 24.6 Å². The fraction of sp³-hybridized carbons (Fsp3) is 0.389. The standard InChI is InChI=1S/C18H23N3O3/c1-13(2)10-15(22)11-19-17(23)12-21-18(24)9-8-16(20-21)14-6-4-3-5-7-14/h3-9,13,15,22H,10-12H2,1-2H3,(H,19,23). The zero-order valence-corrected chi connectivity index (χ0v) is 14.0. The second kappa shape index (κ2) is 8.40. The Morgan fingerprint density at radius 1 is 1.21 bits per heavy atom. The molecule has 2 rings (SSSR count). The highest BCUT2D eigenvalue weighted by Gasteiger charge is 2.11. The summed E-state index contributed by atoms with van der Waals surface area (Å²) in [6.45, 7) is 4.01. The first-order valence-corrected chi connectivity index (χ1v) is 8.04. The lowest BCUT2D eigenvalue weighted by Gasteiger charge is -2.14. The Labute approximate surface area is 141 Å². The predicted octanol–water partition coefficient (Wildman–Crippen LogP) is 1.43. The average molecular weight is 329 g/mol. The van der Waals surface area contributed by atoms with Crippen LogP contribution in [-0.4, -0.2) is 33.4 Å². The molecule has 2 N–H and O–H groups in total. The molecule has 1 atom stereocenters. The van der Waals surface area contributed by atoms with Crippen molar-refractivity contribution in [3.8, 4) is 11.3 Å². The van der Waals surface area contributed by atoms with Crippen LogP contribution in [0.3, 0.4) is 0 Å². The summed E-state index contributed by atoms with van der Waals surface area (Å²) in [6.07, 6.45) is 0.0244. The molecule has 128 valence electrons. The number of hydrogen-bond acceptors (Lipinski definition) is 4. The molecule has 0 aliphatic rings. The molecule has 6 nitrogen and oxygen atoms in total. The minimum absolute atomic E-state index is 0.171. The van der Waals surface area contributed by atoms with E-state index in [0.29, 0.717) is 18.0 Å². The fourth-order valence-electron chi connectivity index (χ4n) is 2.38. The quantitative estimate of drug-likeness (QED) is 0.805. The number of benzene rings is 1. The average Bonchev–Trinajstić information content (AvgIpc) is 2.55. The van der Waals surface area contributed by atoms with Gasteiger partial charge in [-0.3, -0.25) is 9.59 Å². The molecule has 1 amide bonds. The first-order valence-electron chi connectivity index (χ1n) is 8.04. The first-order chi connectivity index (χ1) is 11.5. The lowest BCUT2D eigenvalue weighted by atomic mass is 10.1. The molecule has 0 spiro atoms. The van der Waals surface area contributed by atoms with Crippen LogP contribution in [0.4, 0.5) is 0 Å². The fourth-order valence-corrected chi connectivity index (χ4v) is 2.38. The third-order valence-corrected chi connectivity index (χ3v) is 3.51. The van der Waals surface area contributed by atoms with E-state index in [0.717, 1.165) is 10.2 Å². The highest BCUT2D eigenvalue weighted by atomic mass is 16.3. The van der Waals surface area contributed by atoms with Crippen molar-refractivity contribution < 1.29 is 9.90 Å². The normalized spacial score (nSPS) is 12.2. The molecule has 0 radical (unpaired) electrons. The van der Waals surface area contributed by atoms with Crippen LogP contribution < -0.4 is 10.9 Å². The summed E-state index contributed by atoms with van der Waals surface area (Å²) in [6, 6.07) is 12.5. The van der Waals surface area contributed by atoms with Gasteiger partial charge in [0.25, 0.3) is 5.56 Å². The van der Waals surface area contributed by atoms with Gasteiger partial charge in [-0.05, 0) is 18.4 Å². The molecule has 24 heavy (non-hydrogen) atoms. The molecule has 1 aromatic heterocycles. The highest BCUT2D eigenvalue weighted by molar-refractivity contribution is 5.75. The van der Waals surface area contributed by atoms with Crippen molar-refractivity contribution in [2.75, 3.05) is 6.54 Å². The third-order valence-electron chi connectivity index (χ3n) is 3.51. The smallest absolute Gasteiger partial charge is 0.267 e. The van der Waals surface area contributed by atoms with E-state index in [1.54, 1.807) is 6.07 Å². The molecule has 0 fully saturated rings. The minimum Gasteiger partial charge on any atom is -0.391 e. The van der Waals surface area contributed by atoms with Crippen LogP contribution in [0.5, 0.6) is 0 Å². The number of rotatable bonds is 7. The Hall–Kier alpha value is -2.47. The van der Waals surface area contributed by atoms with Crippen LogP contribution in [0.2, 0.25) is 0 Å². The summed E-state index contributed by atoms with van der Waals surface area (Å²) in [5, 5.41) is 16.7. The zero-order valence-electron chi connectivity index (χ0n) is 14.0. The van der Waals surface area contributed by atoms with Gasteiger partial charge in [0, 0.05) is 18.2 Å². The van der Waals surface area contributed by atoms with E-state index in [2.05, 4.69) is 10.4 Å². The van der Waals surface area contributed by atoms with Crippen molar-refractivity contribution in [3.63, 3.8) is 0 Å². The summed E-state index contributed by atoms with van der Waals surface area (Å²) >= 11 is 0. The van der Waals surface area contributed by atoms with E-state index in [1.165, 1.54) is 6.07 Å². The number of carbonyl (C=O) groups excluding carboxylic acids is 1. The Bertz CT molecular complexity index is 726. The summed E-state index contributed by atoms with van der Waals surface area (Å²) in [4.78, 5) is 23.9. The maximum atomic E-state index is 12.0. The largest absolute Gasteiger partial charge is 0.391 e. The summed E-state index contributed by atoms with van der Waals surface area (Å²) in [7, 11) is 0. The van der Waals surface area contributed by atoms with Gasteiger partial charge < -0.3 is 10.4 Å². The number of nitrogens with one attached hydrogen (secondary N) is 1. The number of nitrogens with zero attached hydrogens (tertiary/aromatic N) is 2. The molecule has 2 aromatic rings. The SMILES string of the molecule is CC(C)CC(O)CNC(=O)Cn1nc(-c2ccccc2)ccc1=O. The molecule has 1 heterocycles. The molecule has 0 saturated heterocycles. The van der Waals surface area contributed by atoms with Crippen molar-refractivity contribution in [3.05, 3.63) is 52.8 Å². The van der Waals surface area contributed by atoms with E-state index in [1.807, 2.05) is 44.2 Å². The minimum atomic E-state index is -0.589.